The Balaban J connectivity index is 1.89. The molecule has 0 saturated heterocycles. The maximum absolute atomic E-state index is 13.7. The van der Waals surface area contributed by atoms with Crippen LogP contribution in [0.4, 0.5) is 10.1 Å². The molecule has 2 aromatic carbocycles. The number of amides is 2. The number of hydrogen-bond acceptors (Lipinski definition) is 3. The van der Waals surface area contributed by atoms with Crippen molar-refractivity contribution >= 4 is 23.5 Å². The van der Waals surface area contributed by atoms with Crippen LogP contribution < -0.4 is 10.6 Å². The minimum atomic E-state index is -0.988. The van der Waals surface area contributed by atoms with E-state index in [1.165, 1.54) is 18.2 Å². The fourth-order valence-electron chi connectivity index (χ4n) is 2.44. The van der Waals surface area contributed by atoms with Gasteiger partial charge in [-0.2, -0.15) is 0 Å². The lowest BCUT2D eigenvalue weighted by molar-refractivity contribution is -0.136. The van der Waals surface area contributed by atoms with Gasteiger partial charge >= 0.3 is 5.97 Å². The van der Waals surface area contributed by atoms with E-state index >= 15 is 0 Å². The van der Waals surface area contributed by atoms with E-state index in [2.05, 4.69) is 10.6 Å². The Labute approximate surface area is 156 Å². The lowest BCUT2D eigenvalue weighted by atomic mass is 10.00. The SMILES string of the molecule is CC(Cc1ccccc1F)C(=O)Nc1ccc(C(=O)NCCC(=O)O)cc1. The topological polar surface area (TPSA) is 95.5 Å². The van der Waals surface area contributed by atoms with Crippen molar-refractivity contribution in [3.63, 3.8) is 0 Å². The van der Waals surface area contributed by atoms with Crippen LogP contribution in [0.5, 0.6) is 0 Å². The molecule has 3 N–H and O–H groups in total. The van der Waals surface area contributed by atoms with Gasteiger partial charge in [0.25, 0.3) is 5.91 Å². The second-order valence-corrected chi connectivity index (χ2v) is 6.16. The summed E-state index contributed by atoms with van der Waals surface area (Å²) in [6.45, 7) is 1.76. The lowest BCUT2D eigenvalue weighted by Crippen LogP contribution is -2.26. The molecule has 0 spiro atoms. The zero-order valence-electron chi connectivity index (χ0n) is 14.9. The van der Waals surface area contributed by atoms with Crippen LogP contribution in [0, 0.1) is 11.7 Å². The van der Waals surface area contributed by atoms with E-state index in [-0.39, 0.29) is 37.0 Å². The molecular weight excluding hydrogens is 351 g/mol. The minimum Gasteiger partial charge on any atom is -0.481 e. The van der Waals surface area contributed by atoms with Crippen LogP contribution >= 0.6 is 0 Å². The smallest absolute Gasteiger partial charge is 0.305 e. The van der Waals surface area contributed by atoms with Gasteiger partial charge in [-0.05, 0) is 42.3 Å². The zero-order chi connectivity index (χ0) is 19.8. The highest BCUT2D eigenvalue weighted by Crippen LogP contribution is 2.16. The summed E-state index contributed by atoms with van der Waals surface area (Å²) < 4.78 is 13.7. The quantitative estimate of drug-likeness (QED) is 0.664. The van der Waals surface area contributed by atoms with Crippen molar-refractivity contribution in [2.24, 2.45) is 5.92 Å². The molecule has 27 heavy (non-hydrogen) atoms. The fourth-order valence-corrected chi connectivity index (χ4v) is 2.44. The van der Waals surface area contributed by atoms with E-state index in [1.54, 1.807) is 37.3 Å². The summed E-state index contributed by atoms with van der Waals surface area (Å²) in [4.78, 5) is 34.6. The summed E-state index contributed by atoms with van der Waals surface area (Å²) >= 11 is 0. The van der Waals surface area contributed by atoms with Gasteiger partial charge in [-0.15, -0.1) is 0 Å². The highest BCUT2D eigenvalue weighted by Gasteiger charge is 2.16. The van der Waals surface area contributed by atoms with Crippen LogP contribution in [-0.4, -0.2) is 29.4 Å². The number of benzene rings is 2. The summed E-state index contributed by atoms with van der Waals surface area (Å²) in [5.41, 5.74) is 1.36. The van der Waals surface area contributed by atoms with Crippen molar-refractivity contribution in [3.05, 3.63) is 65.5 Å². The Hall–Kier alpha value is -3.22. The van der Waals surface area contributed by atoms with Crippen LogP contribution in [-0.2, 0) is 16.0 Å². The number of carboxylic acid groups (broad SMARTS) is 1. The van der Waals surface area contributed by atoms with E-state index in [9.17, 15) is 18.8 Å². The summed E-state index contributed by atoms with van der Waals surface area (Å²) in [6.07, 6.45) is 0.127. The van der Waals surface area contributed by atoms with Gasteiger partial charge in [0.15, 0.2) is 0 Å². The second kappa shape index (κ2) is 9.47. The molecule has 0 radical (unpaired) electrons. The number of aliphatic carboxylic acids is 1. The first-order valence-electron chi connectivity index (χ1n) is 8.51. The molecule has 142 valence electrons. The Bertz CT molecular complexity index is 821. The Kier molecular flexibility index (Phi) is 7.05. The molecule has 0 saturated carbocycles. The molecule has 0 fully saturated rings. The van der Waals surface area contributed by atoms with Crippen LogP contribution in [0.1, 0.15) is 29.3 Å². The minimum absolute atomic E-state index is 0.0419. The Morgan fingerprint density at radius 1 is 1.07 bits per heavy atom. The van der Waals surface area contributed by atoms with Gasteiger partial charge in [0.05, 0.1) is 6.42 Å². The van der Waals surface area contributed by atoms with Crippen LogP contribution in [0.15, 0.2) is 48.5 Å². The number of carbonyl (C=O) groups is 3. The van der Waals surface area contributed by atoms with Crippen molar-refractivity contribution in [2.75, 3.05) is 11.9 Å². The van der Waals surface area contributed by atoms with Crippen molar-refractivity contribution in [1.29, 1.82) is 0 Å². The molecule has 2 rings (SSSR count). The Morgan fingerprint density at radius 2 is 1.74 bits per heavy atom. The van der Waals surface area contributed by atoms with E-state index in [1.807, 2.05) is 0 Å². The van der Waals surface area contributed by atoms with Crippen molar-refractivity contribution < 1.29 is 23.9 Å². The number of nitrogens with one attached hydrogen (secondary N) is 2. The molecule has 1 unspecified atom stereocenters. The maximum Gasteiger partial charge on any atom is 0.305 e. The van der Waals surface area contributed by atoms with Gasteiger partial charge < -0.3 is 15.7 Å². The first-order valence-corrected chi connectivity index (χ1v) is 8.51. The molecule has 1 atom stereocenters. The third-order valence-corrected chi connectivity index (χ3v) is 3.97. The number of carboxylic acids is 1. The van der Waals surface area contributed by atoms with Gasteiger partial charge in [-0.1, -0.05) is 25.1 Å². The number of rotatable bonds is 8. The van der Waals surface area contributed by atoms with Gasteiger partial charge in [0.1, 0.15) is 5.82 Å². The number of carbonyl (C=O) groups excluding carboxylic acids is 2. The first kappa shape index (κ1) is 20.1. The highest BCUT2D eigenvalue weighted by atomic mass is 19.1. The van der Waals surface area contributed by atoms with Gasteiger partial charge in [-0.25, -0.2) is 4.39 Å². The van der Waals surface area contributed by atoms with E-state index in [0.29, 0.717) is 16.8 Å². The van der Waals surface area contributed by atoms with Crippen molar-refractivity contribution in [2.45, 2.75) is 19.8 Å². The predicted molar refractivity (Wildman–Crippen MR) is 98.9 cm³/mol. The molecule has 0 aliphatic heterocycles. The molecule has 7 heteroatoms. The average molecular weight is 372 g/mol. The van der Waals surface area contributed by atoms with Gasteiger partial charge in [-0.3, -0.25) is 14.4 Å². The normalized spacial score (nSPS) is 11.5. The van der Waals surface area contributed by atoms with E-state index < -0.39 is 11.9 Å². The average Bonchev–Trinajstić information content (AvgIpc) is 2.63. The van der Waals surface area contributed by atoms with E-state index in [0.717, 1.165) is 0 Å². The molecular formula is C20H21FN2O4. The van der Waals surface area contributed by atoms with Crippen molar-refractivity contribution in [3.8, 4) is 0 Å². The zero-order valence-corrected chi connectivity index (χ0v) is 14.9. The molecule has 0 bridgehead atoms. The molecule has 2 aromatic rings. The first-order chi connectivity index (χ1) is 12.9. The molecule has 6 nitrogen and oxygen atoms in total. The highest BCUT2D eigenvalue weighted by molar-refractivity contribution is 5.96. The monoisotopic (exact) mass is 372 g/mol. The fraction of sp³-hybridized carbons (Fsp3) is 0.250. The van der Waals surface area contributed by atoms with Crippen LogP contribution in [0.25, 0.3) is 0 Å². The molecule has 2 amide bonds. The maximum atomic E-state index is 13.7. The van der Waals surface area contributed by atoms with Crippen molar-refractivity contribution in [1.82, 2.24) is 5.32 Å². The standard InChI is InChI=1S/C20H21FN2O4/c1-13(12-15-4-2-3-5-17(15)21)19(26)23-16-8-6-14(7-9-16)20(27)22-11-10-18(24)25/h2-9,13H,10-12H2,1H3,(H,22,27)(H,23,26)(H,24,25). The number of hydrogen-bond donors (Lipinski definition) is 3. The predicted octanol–water partition coefficient (Wildman–Crippen LogP) is 2.85. The molecule has 0 aliphatic carbocycles. The lowest BCUT2D eigenvalue weighted by Gasteiger charge is -2.13. The largest absolute Gasteiger partial charge is 0.481 e. The van der Waals surface area contributed by atoms with Gasteiger partial charge in [0, 0.05) is 23.7 Å². The number of halogens is 1. The van der Waals surface area contributed by atoms with Crippen LogP contribution in [0.2, 0.25) is 0 Å². The summed E-state index contributed by atoms with van der Waals surface area (Å²) in [7, 11) is 0. The summed E-state index contributed by atoms with van der Waals surface area (Å²) in [5, 5.41) is 13.8. The number of anilines is 1. The van der Waals surface area contributed by atoms with Gasteiger partial charge in [0.2, 0.25) is 5.91 Å². The third-order valence-electron chi connectivity index (χ3n) is 3.97. The molecule has 0 heterocycles. The Morgan fingerprint density at radius 3 is 2.37 bits per heavy atom. The second-order valence-electron chi connectivity index (χ2n) is 6.16. The third kappa shape index (κ3) is 6.22. The summed E-state index contributed by atoms with van der Waals surface area (Å²) in [5.74, 6) is -2.40. The summed E-state index contributed by atoms with van der Waals surface area (Å²) in [6, 6.07) is 12.6. The molecule has 0 aliphatic rings. The van der Waals surface area contributed by atoms with Crippen LogP contribution in [0.3, 0.4) is 0 Å². The molecule has 0 aromatic heterocycles. The van der Waals surface area contributed by atoms with E-state index in [4.69, 9.17) is 5.11 Å².